The van der Waals surface area contributed by atoms with Crippen molar-refractivity contribution < 1.29 is 9.21 Å². The minimum Gasteiger partial charge on any atom is -0.423 e. The molecule has 6 nitrogen and oxygen atoms in total. The number of aromatic nitrogens is 2. The second kappa shape index (κ2) is 6.72. The van der Waals surface area contributed by atoms with E-state index in [1.807, 2.05) is 6.07 Å². The molecule has 1 saturated heterocycles. The van der Waals surface area contributed by atoms with Gasteiger partial charge >= 0.3 is 0 Å². The van der Waals surface area contributed by atoms with E-state index < -0.39 is 0 Å². The van der Waals surface area contributed by atoms with Crippen LogP contribution < -0.4 is 10.2 Å². The van der Waals surface area contributed by atoms with Gasteiger partial charge in [0.1, 0.15) is 5.52 Å². The molecule has 0 bridgehead atoms. The van der Waals surface area contributed by atoms with Crippen LogP contribution in [0, 0.1) is 0 Å². The SMILES string of the molecule is O=C(NC1CCN(c2nc3cc(Cl)ccc3o2)CC1)c1ccncc1. The van der Waals surface area contributed by atoms with E-state index in [1.54, 1.807) is 36.7 Å². The fraction of sp³-hybridized carbons (Fsp3) is 0.278. The summed E-state index contributed by atoms with van der Waals surface area (Å²) in [6.07, 6.45) is 4.93. The number of fused-ring (bicyclic) bond motifs is 1. The second-order valence-electron chi connectivity index (χ2n) is 6.08. The number of anilines is 1. The van der Waals surface area contributed by atoms with Crippen molar-refractivity contribution in [2.45, 2.75) is 18.9 Å². The Balaban J connectivity index is 1.38. The van der Waals surface area contributed by atoms with Crippen LogP contribution in [0.1, 0.15) is 23.2 Å². The Morgan fingerprint density at radius 2 is 1.96 bits per heavy atom. The minimum absolute atomic E-state index is 0.0580. The number of pyridine rings is 1. The molecule has 1 fully saturated rings. The number of carbonyl (C=O) groups is 1. The lowest BCUT2D eigenvalue weighted by molar-refractivity contribution is 0.0931. The Morgan fingerprint density at radius 3 is 2.72 bits per heavy atom. The van der Waals surface area contributed by atoms with E-state index in [0.29, 0.717) is 16.6 Å². The summed E-state index contributed by atoms with van der Waals surface area (Å²) in [4.78, 5) is 22.8. The zero-order valence-electron chi connectivity index (χ0n) is 13.5. The quantitative estimate of drug-likeness (QED) is 0.779. The molecule has 25 heavy (non-hydrogen) atoms. The highest BCUT2D eigenvalue weighted by molar-refractivity contribution is 6.31. The number of benzene rings is 1. The number of oxazole rings is 1. The van der Waals surface area contributed by atoms with Gasteiger partial charge in [-0.2, -0.15) is 4.98 Å². The minimum atomic E-state index is -0.0580. The highest BCUT2D eigenvalue weighted by atomic mass is 35.5. The van der Waals surface area contributed by atoms with E-state index in [0.717, 1.165) is 37.0 Å². The molecule has 0 atom stereocenters. The van der Waals surface area contributed by atoms with E-state index in [1.165, 1.54) is 0 Å². The molecule has 1 aliphatic heterocycles. The van der Waals surface area contributed by atoms with Gasteiger partial charge in [0, 0.05) is 42.1 Å². The van der Waals surface area contributed by atoms with Crippen molar-refractivity contribution >= 4 is 34.6 Å². The fourth-order valence-corrected chi connectivity index (χ4v) is 3.18. The molecule has 0 aliphatic carbocycles. The highest BCUT2D eigenvalue weighted by Gasteiger charge is 2.24. The van der Waals surface area contributed by atoms with E-state index in [2.05, 4.69) is 20.2 Å². The van der Waals surface area contributed by atoms with Gasteiger partial charge in [0.05, 0.1) is 0 Å². The third-order valence-electron chi connectivity index (χ3n) is 4.38. The first-order valence-corrected chi connectivity index (χ1v) is 8.59. The van der Waals surface area contributed by atoms with Crippen molar-refractivity contribution in [1.82, 2.24) is 15.3 Å². The third-order valence-corrected chi connectivity index (χ3v) is 4.62. The Kier molecular flexibility index (Phi) is 4.28. The summed E-state index contributed by atoms with van der Waals surface area (Å²) >= 11 is 5.99. The summed E-state index contributed by atoms with van der Waals surface area (Å²) in [5.41, 5.74) is 2.12. The lowest BCUT2D eigenvalue weighted by Gasteiger charge is -2.31. The Labute approximate surface area is 149 Å². The first kappa shape index (κ1) is 15.9. The summed E-state index contributed by atoms with van der Waals surface area (Å²) < 4.78 is 5.81. The van der Waals surface area contributed by atoms with Crippen molar-refractivity contribution in [2.75, 3.05) is 18.0 Å². The predicted octanol–water partition coefficient (Wildman–Crippen LogP) is 3.28. The lowest BCUT2D eigenvalue weighted by Crippen LogP contribution is -2.44. The number of hydrogen-bond donors (Lipinski definition) is 1. The Hall–Kier alpha value is -2.60. The first-order chi connectivity index (χ1) is 12.2. The molecule has 3 aromatic rings. The molecule has 1 aromatic carbocycles. The van der Waals surface area contributed by atoms with Gasteiger partial charge in [-0.15, -0.1) is 0 Å². The maximum absolute atomic E-state index is 12.2. The first-order valence-electron chi connectivity index (χ1n) is 8.21. The van der Waals surface area contributed by atoms with Crippen LogP contribution in [0.3, 0.4) is 0 Å². The molecule has 7 heteroatoms. The van der Waals surface area contributed by atoms with Crippen molar-refractivity contribution in [2.24, 2.45) is 0 Å². The van der Waals surface area contributed by atoms with Gasteiger partial charge in [0.15, 0.2) is 5.58 Å². The number of nitrogens with zero attached hydrogens (tertiary/aromatic N) is 3. The molecule has 0 spiro atoms. The molecule has 128 valence electrons. The van der Waals surface area contributed by atoms with Gasteiger partial charge in [-0.05, 0) is 43.2 Å². The highest BCUT2D eigenvalue weighted by Crippen LogP contribution is 2.26. The van der Waals surface area contributed by atoms with Crippen molar-refractivity contribution in [3.63, 3.8) is 0 Å². The standard InChI is InChI=1S/C18H17ClN4O2/c19-13-1-2-16-15(11-13)22-18(25-16)23-9-5-14(6-10-23)21-17(24)12-3-7-20-8-4-12/h1-4,7-8,11,14H,5-6,9-10H2,(H,21,24). The molecule has 0 unspecified atom stereocenters. The van der Waals surface area contributed by atoms with E-state index in [-0.39, 0.29) is 11.9 Å². The molecular formula is C18H17ClN4O2. The number of carbonyl (C=O) groups excluding carboxylic acids is 1. The average Bonchev–Trinajstić information content (AvgIpc) is 3.06. The van der Waals surface area contributed by atoms with Gasteiger partial charge in [-0.25, -0.2) is 0 Å². The van der Waals surface area contributed by atoms with Gasteiger partial charge in [0.2, 0.25) is 0 Å². The van der Waals surface area contributed by atoms with Crippen LogP contribution >= 0.6 is 11.6 Å². The van der Waals surface area contributed by atoms with Gasteiger partial charge in [0.25, 0.3) is 11.9 Å². The summed E-state index contributed by atoms with van der Waals surface area (Å²) in [5.74, 6) is -0.0580. The van der Waals surface area contributed by atoms with Gasteiger partial charge < -0.3 is 14.6 Å². The fourth-order valence-electron chi connectivity index (χ4n) is 3.01. The number of amides is 1. The van der Waals surface area contributed by atoms with Crippen LogP contribution in [0.15, 0.2) is 47.1 Å². The maximum atomic E-state index is 12.2. The topological polar surface area (TPSA) is 71.3 Å². The number of hydrogen-bond acceptors (Lipinski definition) is 5. The van der Waals surface area contributed by atoms with Crippen LogP contribution in [-0.2, 0) is 0 Å². The van der Waals surface area contributed by atoms with Crippen LogP contribution in [0.4, 0.5) is 6.01 Å². The van der Waals surface area contributed by atoms with Crippen molar-refractivity contribution in [3.8, 4) is 0 Å². The Bertz CT molecular complexity index is 888. The molecule has 1 N–H and O–H groups in total. The summed E-state index contributed by atoms with van der Waals surface area (Å²) in [6.45, 7) is 1.56. The molecule has 2 aromatic heterocycles. The molecular weight excluding hydrogens is 340 g/mol. The summed E-state index contributed by atoms with van der Waals surface area (Å²) in [7, 11) is 0. The molecule has 0 radical (unpaired) electrons. The van der Waals surface area contributed by atoms with Crippen molar-refractivity contribution in [3.05, 3.63) is 53.3 Å². The summed E-state index contributed by atoms with van der Waals surface area (Å²) in [6, 6.07) is 9.61. The van der Waals surface area contributed by atoms with Crippen LogP contribution in [0.5, 0.6) is 0 Å². The van der Waals surface area contributed by atoms with Crippen LogP contribution in [-0.4, -0.2) is 35.0 Å². The van der Waals surface area contributed by atoms with E-state index >= 15 is 0 Å². The van der Waals surface area contributed by atoms with Crippen LogP contribution in [0.25, 0.3) is 11.1 Å². The number of rotatable bonds is 3. The zero-order chi connectivity index (χ0) is 17.2. The number of halogens is 1. The summed E-state index contributed by atoms with van der Waals surface area (Å²) in [5, 5.41) is 3.72. The number of nitrogens with one attached hydrogen (secondary N) is 1. The third kappa shape index (κ3) is 3.44. The maximum Gasteiger partial charge on any atom is 0.298 e. The smallest absolute Gasteiger partial charge is 0.298 e. The molecule has 1 amide bonds. The van der Waals surface area contributed by atoms with Gasteiger partial charge in [-0.1, -0.05) is 11.6 Å². The monoisotopic (exact) mass is 356 g/mol. The molecule has 1 aliphatic rings. The average molecular weight is 357 g/mol. The largest absolute Gasteiger partial charge is 0.423 e. The second-order valence-corrected chi connectivity index (χ2v) is 6.52. The molecule has 3 heterocycles. The van der Waals surface area contributed by atoms with Crippen LogP contribution in [0.2, 0.25) is 5.02 Å². The Morgan fingerprint density at radius 1 is 1.20 bits per heavy atom. The zero-order valence-corrected chi connectivity index (χ0v) is 14.2. The molecule has 0 saturated carbocycles. The predicted molar refractivity (Wildman–Crippen MR) is 96.0 cm³/mol. The van der Waals surface area contributed by atoms with Crippen molar-refractivity contribution in [1.29, 1.82) is 0 Å². The number of piperidine rings is 1. The van der Waals surface area contributed by atoms with Gasteiger partial charge in [-0.3, -0.25) is 9.78 Å². The van der Waals surface area contributed by atoms with E-state index in [9.17, 15) is 4.79 Å². The van der Waals surface area contributed by atoms with E-state index in [4.69, 9.17) is 16.0 Å². The molecule has 4 rings (SSSR count). The normalized spacial score (nSPS) is 15.5. The lowest BCUT2D eigenvalue weighted by atomic mass is 10.0.